The standard InChI is InChI=1S/C12H20O3/c1-5-15-10(2)6-7-11-8-12(9-11,13-3)14-4/h6-7,11H,2,5,8-9H2,1,3-4H3/b7-6-. The average Bonchev–Trinajstić information content (AvgIpc) is 2.17. The summed E-state index contributed by atoms with van der Waals surface area (Å²) in [5.74, 6) is 0.856. The highest BCUT2D eigenvalue weighted by atomic mass is 16.7. The fourth-order valence-electron chi connectivity index (χ4n) is 1.77. The maximum absolute atomic E-state index is 5.30. The van der Waals surface area contributed by atoms with Gasteiger partial charge in [0.2, 0.25) is 0 Å². The molecule has 1 aliphatic rings. The minimum Gasteiger partial charge on any atom is -0.495 e. The van der Waals surface area contributed by atoms with Gasteiger partial charge in [-0.2, -0.15) is 0 Å². The van der Waals surface area contributed by atoms with Gasteiger partial charge >= 0.3 is 0 Å². The van der Waals surface area contributed by atoms with Crippen molar-refractivity contribution in [1.29, 1.82) is 0 Å². The summed E-state index contributed by atoms with van der Waals surface area (Å²) < 4.78 is 15.8. The van der Waals surface area contributed by atoms with Crippen LogP contribution in [0.1, 0.15) is 19.8 Å². The summed E-state index contributed by atoms with van der Waals surface area (Å²) in [6.07, 6.45) is 5.82. The molecule has 3 nitrogen and oxygen atoms in total. The van der Waals surface area contributed by atoms with Crippen molar-refractivity contribution in [3.63, 3.8) is 0 Å². The predicted octanol–water partition coefficient (Wildman–Crippen LogP) is 2.49. The largest absolute Gasteiger partial charge is 0.495 e. The van der Waals surface area contributed by atoms with Gasteiger partial charge in [0.25, 0.3) is 0 Å². The summed E-state index contributed by atoms with van der Waals surface area (Å²) in [6, 6.07) is 0. The average molecular weight is 212 g/mol. The molecule has 86 valence electrons. The van der Waals surface area contributed by atoms with Crippen molar-refractivity contribution in [3.8, 4) is 0 Å². The Kier molecular flexibility index (Phi) is 4.36. The monoisotopic (exact) mass is 212 g/mol. The number of hydrogen-bond donors (Lipinski definition) is 0. The van der Waals surface area contributed by atoms with Crippen LogP contribution in [0.3, 0.4) is 0 Å². The number of methoxy groups -OCH3 is 2. The molecule has 1 aliphatic carbocycles. The first-order valence-corrected chi connectivity index (χ1v) is 5.26. The lowest BCUT2D eigenvalue weighted by Gasteiger charge is -2.43. The van der Waals surface area contributed by atoms with Crippen LogP contribution in [-0.2, 0) is 14.2 Å². The van der Waals surface area contributed by atoms with Crippen LogP contribution in [0.5, 0.6) is 0 Å². The van der Waals surface area contributed by atoms with Crippen molar-refractivity contribution in [2.24, 2.45) is 5.92 Å². The van der Waals surface area contributed by atoms with Crippen molar-refractivity contribution >= 4 is 0 Å². The molecule has 0 aromatic carbocycles. The van der Waals surface area contributed by atoms with E-state index >= 15 is 0 Å². The van der Waals surface area contributed by atoms with Gasteiger partial charge in [-0.25, -0.2) is 0 Å². The second-order valence-electron chi connectivity index (χ2n) is 3.75. The van der Waals surface area contributed by atoms with E-state index in [1.807, 2.05) is 13.0 Å². The zero-order chi connectivity index (χ0) is 11.3. The first kappa shape index (κ1) is 12.3. The Hall–Kier alpha value is -0.800. The summed E-state index contributed by atoms with van der Waals surface area (Å²) in [5, 5.41) is 0. The van der Waals surface area contributed by atoms with Gasteiger partial charge < -0.3 is 14.2 Å². The molecule has 0 unspecified atom stereocenters. The molecule has 15 heavy (non-hydrogen) atoms. The van der Waals surface area contributed by atoms with Gasteiger partial charge in [-0.05, 0) is 18.9 Å². The van der Waals surface area contributed by atoms with Crippen molar-refractivity contribution in [2.75, 3.05) is 20.8 Å². The lowest BCUT2D eigenvalue weighted by molar-refractivity contribution is -0.263. The maximum Gasteiger partial charge on any atom is 0.168 e. The molecule has 1 fully saturated rings. The number of rotatable bonds is 6. The summed E-state index contributed by atoms with van der Waals surface area (Å²) in [7, 11) is 3.37. The predicted molar refractivity (Wildman–Crippen MR) is 59.4 cm³/mol. The molecule has 0 heterocycles. The Morgan fingerprint density at radius 2 is 2.00 bits per heavy atom. The second-order valence-corrected chi connectivity index (χ2v) is 3.75. The van der Waals surface area contributed by atoms with Crippen molar-refractivity contribution < 1.29 is 14.2 Å². The molecule has 0 spiro atoms. The molecule has 0 saturated heterocycles. The molecule has 0 aromatic heterocycles. The van der Waals surface area contributed by atoms with Gasteiger partial charge in [0.05, 0.1) is 6.61 Å². The highest BCUT2D eigenvalue weighted by Crippen LogP contribution is 2.41. The van der Waals surface area contributed by atoms with E-state index in [0.717, 1.165) is 12.8 Å². The van der Waals surface area contributed by atoms with Crippen LogP contribution in [0.25, 0.3) is 0 Å². The smallest absolute Gasteiger partial charge is 0.168 e. The molecule has 0 aromatic rings. The third-order valence-electron chi connectivity index (χ3n) is 2.77. The summed E-state index contributed by atoms with van der Waals surface area (Å²) in [4.78, 5) is 0. The van der Waals surface area contributed by atoms with Crippen LogP contribution in [0.2, 0.25) is 0 Å². The normalized spacial score (nSPS) is 20.2. The van der Waals surface area contributed by atoms with Gasteiger partial charge in [-0.1, -0.05) is 12.7 Å². The zero-order valence-electron chi connectivity index (χ0n) is 9.79. The first-order chi connectivity index (χ1) is 7.15. The highest BCUT2D eigenvalue weighted by molar-refractivity contribution is 5.11. The fraction of sp³-hybridized carbons (Fsp3) is 0.667. The lowest BCUT2D eigenvalue weighted by Crippen LogP contribution is -2.46. The Morgan fingerprint density at radius 3 is 2.47 bits per heavy atom. The third-order valence-corrected chi connectivity index (χ3v) is 2.77. The minimum atomic E-state index is -0.359. The highest BCUT2D eigenvalue weighted by Gasteiger charge is 2.43. The molecular weight excluding hydrogens is 192 g/mol. The van der Waals surface area contributed by atoms with Gasteiger partial charge in [0.15, 0.2) is 5.79 Å². The van der Waals surface area contributed by atoms with Gasteiger partial charge in [-0.3, -0.25) is 0 Å². The Balaban J connectivity index is 2.30. The van der Waals surface area contributed by atoms with E-state index in [1.165, 1.54) is 0 Å². The van der Waals surface area contributed by atoms with E-state index in [0.29, 0.717) is 18.3 Å². The van der Waals surface area contributed by atoms with Crippen molar-refractivity contribution in [3.05, 3.63) is 24.5 Å². The number of allylic oxidation sites excluding steroid dienone is 2. The van der Waals surface area contributed by atoms with E-state index in [1.54, 1.807) is 14.2 Å². The van der Waals surface area contributed by atoms with Crippen molar-refractivity contribution in [2.45, 2.75) is 25.6 Å². The van der Waals surface area contributed by atoms with E-state index in [9.17, 15) is 0 Å². The molecule has 0 bridgehead atoms. The molecule has 0 amide bonds. The summed E-state index contributed by atoms with van der Waals surface area (Å²) >= 11 is 0. The van der Waals surface area contributed by atoms with Crippen LogP contribution in [0, 0.1) is 5.92 Å². The van der Waals surface area contributed by atoms with Crippen LogP contribution in [0.15, 0.2) is 24.5 Å². The Labute approximate surface area is 91.7 Å². The zero-order valence-corrected chi connectivity index (χ0v) is 9.79. The third kappa shape index (κ3) is 3.08. The van der Waals surface area contributed by atoms with Gasteiger partial charge in [-0.15, -0.1) is 0 Å². The Morgan fingerprint density at radius 1 is 1.40 bits per heavy atom. The fourth-order valence-corrected chi connectivity index (χ4v) is 1.77. The topological polar surface area (TPSA) is 27.7 Å². The van der Waals surface area contributed by atoms with Crippen LogP contribution in [-0.4, -0.2) is 26.6 Å². The van der Waals surface area contributed by atoms with Gasteiger partial charge in [0, 0.05) is 27.1 Å². The number of ether oxygens (including phenoxy) is 3. The molecule has 0 aliphatic heterocycles. The molecule has 1 saturated carbocycles. The maximum atomic E-state index is 5.30. The molecule has 0 atom stereocenters. The van der Waals surface area contributed by atoms with Gasteiger partial charge in [0.1, 0.15) is 5.76 Å². The van der Waals surface area contributed by atoms with E-state index in [-0.39, 0.29) is 5.79 Å². The number of hydrogen-bond acceptors (Lipinski definition) is 3. The summed E-state index contributed by atoms with van der Waals surface area (Å²) in [6.45, 7) is 6.39. The molecule has 3 heteroatoms. The SMILES string of the molecule is C=C(/C=C\C1CC(OC)(OC)C1)OCC. The van der Waals surface area contributed by atoms with E-state index in [2.05, 4.69) is 12.7 Å². The van der Waals surface area contributed by atoms with Crippen LogP contribution in [0.4, 0.5) is 0 Å². The van der Waals surface area contributed by atoms with E-state index in [4.69, 9.17) is 14.2 Å². The van der Waals surface area contributed by atoms with Crippen LogP contribution >= 0.6 is 0 Å². The van der Waals surface area contributed by atoms with E-state index < -0.39 is 0 Å². The molecule has 1 rings (SSSR count). The first-order valence-electron chi connectivity index (χ1n) is 5.26. The lowest BCUT2D eigenvalue weighted by atomic mass is 9.78. The van der Waals surface area contributed by atoms with Crippen molar-refractivity contribution in [1.82, 2.24) is 0 Å². The molecular formula is C12H20O3. The Bertz CT molecular complexity index is 233. The molecule has 0 N–H and O–H groups in total. The second kappa shape index (κ2) is 5.33. The quantitative estimate of drug-likeness (QED) is 0.384. The van der Waals surface area contributed by atoms with Crippen LogP contribution < -0.4 is 0 Å². The minimum absolute atomic E-state index is 0.359. The summed E-state index contributed by atoms with van der Waals surface area (Å²) in [5.41, 5.74) is 0. The molecule has 0 radical (unpaired) electrons.